The van der Waals surface area contributed by atoms with Crippen LogP contribution in [0.5, 0.6) is 5.75 Å². The number of hydrogen-bond acceptors (Lipinski definition) is 4. The van der Waals surface area contributed by atoms with Gasteiger partial charge in [0.1, 0.15) is 0 Å². The van der Waals surface area contributed by atoms with Crippen LogP contribution in [-0.4, -0.2) is 22.2 Å². The van der Waals surface area contributed by atoms with Crippen molar-refractivity contribution in [3.8, 4) is 5.75 Å². The van der Waals surface area contributed by atoms with Crippen molar-refractivity contribution in [3.63, 3.8) is 0 Å². The van der Waals surface area contributed by atoms with E-state index < -0.39 is 23.8 Å². The van der Waals surface area contributed by atoms with Crippen LogP contribution >= 0.6 is 15.9 Å². The summed E-state index contributed by atoms with van der Waals surface area (Å²) in [4.78, 5) is 28.9. The van der Waals surface area contributed by atoms with E-state index in [1.165, 1.54) is 6.07 Å². The molecule has 26 heavy (non-hydrogen) atoms. The monoisotopic (exact) mass is 419 g/mol. The number of benzene rings is 2. The number of nitrogens with one attached hydrogen (secondary N) is 1. The van der Waals surface area contributed by atoms with E-state index in [1.807, 2.05) is 18.2 Å². The molecule has 0 saturated carbocycles. The van der Waals surface area contributed by atoms with Gasteiger partial charge in [0.2, 0.25) is 0 Å². The second kappa shape index (κ2) is 7.47. The number of aryl methyl sites for hydroxylation is 2. The van der Waals surface area contributed by atoms with Crippen LogP contribution in [0.2, 0.25) is 0 Å². The molecule has 1 amide bonds. The Morgan fingerprint density at radius 2 is 2.04 bits per heavy atom. The Labute approximate surface area is 158 Å². The number of carboxylic acid groups (broad SMARTS) is 1. The lowest BCUT2D eigenvalue weighted by Gasteiger charge is -2.32. The first kappa shape index (κ1) is 18.4. The zero-order chi connectivity index (χ0) is 18.8. The number of rotatable bonds is 4. The summed E-state index contributed by atoms with van der Waals surface area (Å²) in [5.41, 5.74) is 2.55. The minimum atomic E-state index is -0.952. The number of fused-ring (bicyclic) bond motifs is 1. The first-order valence-corrected chi connectivity index (χ1v) is 8.94. The van der Waals surface area contributed by atoms with Gasteiger partial charge in [-0.05, 0) is 54.7 Å². The van der Waals surface area contributed by atoms with E-state index in [4.69, 9.17) is 5.26 Å². The van der Waals surface area contributed by atoms with Crippen LogP contribution in [0.1, 0.15) is 39.5 Å². The summed E-state index contributed by atoms with van der Waals surface area (Å²) in [7, 11) is 0. The first-order chi connectivity index (χ1) is 12.4. The fourth-order valence-electron chi connectivity index (χ4n) is 3.40. The summed E-state index contributed by atoms with van der Waals surface area (Å²) >= 11 is 3.42. The van der Waals surface area contributed by atoms with Gasteiger partial charge in [-0.25, -0.2) is 5.26 Å². The molecule has 0 spiro atoms. The second-order valence-electron chi connectivity index (χ2n) is 6.32. The number of carbonyl (C=O) groups is 2. The highest BCUT2D eigenvalue weighted by Crippen LogP contribution is 2.36. The van der Waals surface area contributed by atoms with Gasteiger partial charge in [-0.1, -0.05) is 34.1 Å². The summed E-state index contributed by atoms with van der Waals surface area (Å²) in [6, 6.07) is 9.85. The van der Waals surface area contributed by atoms with Crippen molar-refractivity contribution >= 4 is 27.8 Å². The quantitative estimate of drug-likeness (QED) is 0.518. The van der Waals surface area contributed by atoms with E-state index in [9.17, 15) is 14.7 Å². The maximum Gasteiger partial charge on any atom is 0.308 e. The van der Waals surface area contributed by atoms with Crippen molar-refractivity contribution < 1.29 is 24.8 Å². The van der Waals surface area contributed by atoms with Crippen LogP contribution in [0.3, 0.4) is 0 Å². The topological polar surface area (TPSA) is 95.9 Å². The number of hydrogen-bond donors (Lipinski definition) is 3. The van der Waals surface area contributed by atoms with Gasteiger partial charge in [0.25, 0.3) is 5.91 Å². The minimum Gasteiger partial charge on any atom is -0.481 e. The van der Waals surface area contributed by atoms with Gasteiger partial charge in [-0.3, -0.25) is 9.59 Å². The summed E-state index contributed by atoms with van der Waals surface area (Å²) in [5.74, 6) is -2.11. The molecule has 1 aliphatic rings. The van der Waals surface area contributed by atoms with Gasteiger partial charge in [0.05, 0.1) is 17.5 Å². The molecule has 0 saturated heterocycles. The van der Waals surface area contributed by atoms with E-state index in [1.54, 1.807) is 19.1 Å². The number of carboxylic acids is 1. The van der Waals surface area contributed by atoms with Crippen molar-refractivity contribution in [1.82, 2.24) is 5.32 Å². The van der Waals surface area contributed by atoms with Crippen molar-refractivity contribution in [1.29, 1.82) is 0 Å². The predicted molar refractivity (Wildman–Crippen MR) is 98.2 cm³/mol. The zero-order valence-corrected chi connectivity index (χ0v) is 15.6. The molecule has 2 aromatic carbocycles. The van der Waals surface area contributed by atoms with E-state index >= 15 is 0 Å². The van der Waals surface area contributed by atoms with Crippen LogP contribution in [-0.2, 0) is 11.2 Å². The Kier molecular flexibility index (Phi) is 5.29. The van der Waals surface area contributed by atoms with Crippen LogP contribution in [0.25, 0.3) is 0 Å². The van der Waals surface area contributed by atoms with Crippen LogP contribution in [0, 0.1) is 12.8 Å². The minimum absolute atomic E-state index is 0.0590. The Balaban J connectivity index is 1.97. The molecule has 136 valence electrons. The molecule has 7 heteroatoms. The molecule has 0 bridgehead atoms. The Morgan fingerprint density at radius 3 is 2.73 bits per heavy atom. The van der Waals surface area contributed by atoms with Crippen LogP contribution in [0.15, 0.2) is 40.9 Å². The average Bonchev–Trinajstić information content (AvgIpc) is 2.61. The highest BCUT2D eigenvalue weighted by Gasteiger charge is 2.36. The molecule has 0 fully saturated rings. The summed E-state index contributed by atoms with van der Waals surface area (Å²) in [5, 5.41) is 21.5. The Hall–Kier alpha value is -2.38. The molecule has 2 unspecified atom stereocenters. The zero-order valence-electron chi connectivity index (χ0n) is 14.0. The van der Waals surface area contributed by atoms with Gasteiger partial charge in [0.15, 0.2) is 5.75 Å². The van der Waals surface area contributed by atoms with Crippen molar-refractivity contribution in [2.75, 3.05) is 0 Å². The molecular formula is C19H18BrNO5. The number of carbonyl (C=O) groups excluding carboxylic acids is 1. The smallest absolute Gasteiger partial charge is 0.308 e. The largest absolute Gasteiger partial charge is 0.481 e. The normalized spacial score (nSPS) is 18.7. The van der Waals surface area contributed by atoms with E-state index in [0.29, 0.717) is 18.4 Å². The number of amides is 1. The molecule has 3 N–H and O–H groups in total. The molecule has 6 nitrogen and oxygen atoms in total. The Bertz CT molecular complexity index is 867. The lowest BCUT2D eigenvalue weighted by Crippen LogP contribution is -2.39. The van der Waals surface area contributed by atoms with E-state index in [2.05, 4.69) is 26.1 Å². The molecule has 0 aliphatic heterocycles. The van der Waals surface area contributed by atoms with Gasteiger partial charge in [0, 0.05) is 4.47 Å². The van der Waals surface area contributed by atoms with Gasteiger partial charge >= 0.3 is 5.97 Å². The molecule has 0 heterocycles. The highest BCUT2D eigenvalue weighted by molar-refractivity contribution is 9.10. The maximum absolute atomic E-state index is 12.8. The van der Waals surface area contributed by atoms with E-state index in [-0.39, 0.29) is 11.3 Å². The first-order valence-electron chi connectivity index (χ1n) is 8.15. The average molecular weight is 420 g/mol. The van der Waals surface area contributed by atoms with Crippen molar-refractivity contribution in [3.05, 3.63) is 63.1 Å². The number of para-hydroxylation sites is 1. The SMILES string of the molecule is Cc1cccc(C(=O)NC2c3ccc(Br)cc3CCC2C(=O)O)c1OO. The van der Waals surface area contributed by atoms with Crippen molar-refractivity contribution in [2.45, 2.75) is 25.8 Å². The molecule has 2 aromatic rings. The van der Waals surface area contributed by atoms with Gasteiger partial charge < -0.3 is 15.3 Å². The third-order valence-corrected chi connectivity index (χ3v) is 5.21. The Morgan fingerprint density at radius 1 is 1.27 bits per heavy atom. The third-order valence-electron chi connectivity index (χ3n) is 4.72. The summed E-state index contributed by atoms with van der Waals surface area (Å²) in [6.07, 6.45) is 1.06. The fraction of sp³-hybridized carbons (Fsp3) is 0.263. The lowest BCUT2D eigenvalue weighted by atomic mass is 9.79. The second-order valence-corrected chi connectivity index (χ2v) is 7.24. The van der Waals surface area contributed by atoms with Crippen molar-refractivity contribution in [2.24, 2.45) is 5.92 Å². The van der Waals surface area contributed by atoms with Crippen LogP contribution in [0.4, 0.5) is 0 Å². The standard InChI is InChI=1S/C19H18BrNO5/c1-10-3-2-4-15(17(10)26-25)18(22)21-16-13-8-6-12(20)9-11(13)5-7-14(16)19(23)24/h2-4,6,8-9,14,16,25H,5,7H2,1H3,(H,21,22)(H,23,24). The van der Waals surface area contributed by atoms with Crippen LogP contribution < -0.4 is 10.2 Å². The summed E-state index contributed by atoms with van der Waals surface area (Å²) < 4.78 is 0.907. The molecule has 3 rings (SSSR count). The molecule has 0 aromatic heterocycles. The number of aliphatic carboxylic acids is 1. The third kappa shape index (κ3) is 3.45. The summed E-state index contributed by atoms with van der Waals surface area (Å²) in [6.45, 7) is 1.70. The maximum atomic E-state index is 12.8. The van der Waals surface area contributed by atoms with Gasteiger partial charge in [-0.2, -0.15) is 0 Å². The number of halogens is 1. The lowest BCUT2D eigenvalue weighted by molar-refractivity contribution is -0.143. The van der Waals surface area contributed by atoms with E-state index in [0.717, 1.165) is 15.6 Å². The molecule has 0 radical (unpaired) electrons. The predicted octanol–water partition coefficient (Wildman–Crippen LogP) is 3.73. The fourth-order valence-corrected chi connectivity index (χ4v) is 3.81. The van der Waals surface area contributed by atoms with Gasteiger partial charge in [-0.15, -0.1) is 0 Å². The molecule has 2 atom stereocenters. The molecular weight excluding hydrogens is 402 g/mol. The molecule has 1 aliphatic carbocycles. The highest BCUT2D eigenvalue weighted by atomic mass is 79.9.